The lowest BCUT2D eigenvalue weighted by molar-refractivity contribution is 0.288. The molecule has 1 aromatic carbocycles. The molecule has 1 aliphatic carbocycles. The predicted octanol–water partition coefficient (Wildman–Crippen LogP) is 3.94. The van der Waals surface area contributed by atoms with Gasteiger partial charge >= 0.3 is 0 Å². The van der Waals surface area contributed by atoms with Gasteiger partial charge in [-0.2, -0.15) is 0 Å². The van der Waals surface area contributed by atoms with E-state index in [0.717, 1.165) is 42.9 Å². The summed E-state index contributed by atoms with van der Waals surface area (Å²) < 4.78 is 5.66. The van der Waals surface area contributed by atoms with Crippen LogP contribution in [0.1, 0.15) is 24.0 Å². The molecule has 2 aliphatic rings. The van der Waals surface area contributed by atoms with Crippen molar-refractivity contribution in [2.24, 2.45) is 4.99 Å². The van der Waals surface area contributed by atoms with Crippen LogP contribution < -0.4 is 4.74 Å². The van der Waals surface area contributed by atoms with E-state index in [9.17, 15) is 0 Å². The minimum Gasteiger partial charge on any atom is -0.493 e. The number of ether oxygens (including phenoxy) is 1. The van der Waals surface area contributed by atoms with E-state index in [1.54, 1.807) is 0 Å². The maximum absolute atomic E-state index is 5.66. The van der Waals surface area contributed by atoms with Crippen molar-refractivity contribution >= 4 is 12.3 Å². The Morgan fingerprint density at radius 3 is 3.00 bits per heavy atom. The molecule has 0 N–H and O–H groups in total. The topological polar surface area (TPSA) is 21.6 Å². The molecule has 96 valence electrons. The predicted molar refractivity (Wildman–Crippen MR) is 79.6 cm³/mol. The van der Waals surface area contributed by atoms with Gasteiger partial charge in [0, 0.05) is 12.0 Å². The number of fused-ring (bicyclic) bond motifs is 1. The molecule has 0 atom stereocenters. The number of benzene rings is 1. The number of aliphatic imine (C=N–C) groups is 1. The molecule has 1 aliphatic heterocycles. The Balaban J connectivity index is 2.01. The van der Waals surface area contributed by atoms with Crippen LogP contribution in [0, 0.1) is 0 Å². The second-order valence-corrected chi connectivity index (χ2v) is 4.82. The summed E-state index contributed by atoms with van der Waals surface area (Å²) in [6.45, 7) is 8.35. The zero-order valence-electron chi connectivity index (χ0n) is 11.0. The Morgan fingerprint density at radius 2 is 2.21 bits per heavy atom. The van der Waals surface area contributed by atoms with Crippen molar-refractivity contribution in [2.75, 3.05) is 6.61 Å². The molecular formula is C17H17NO. The number of rotatable bonds is 3. The van der Waals surface area contributed by atoms with Crippen LogP contribution in [0.3, 0.4) is 0 Å². The van der Waals surface area contributed by atoms with Gasteiger partial charge in [-0.3, -0.25) is 4.99 Å². The quantitative estimate of drug-likeness (QED) is 0.746. The van der Waals surface area contributed by atoms with Gasteiger partial charge in [-0.1, -0.05) is 24.8 Å². The van der Waals surface area contributed by atoms with Crippen molar-refractivity contribution in [1.82, 2.24) is 0 Å². The van der Waals surface area contributed by atoms with Crippen molar-refractivity contribution in [2.45, 2.75) is 19.3 Å². The first-order valence-electron chi connectivity index (χ1n) is 6.62. The van der Waals surface area contributed by atoms with Crippen LogP contribution in [0.5, 0.6) is 5.75 Å². The number of hydrogen-bond donors (Lipinski definition) is 0. The summed E-state index contributed by atoms with van der Waals surface area (Å²) in [6.07, 6.45) is 7.11. The molecule has 0 unspecified atom stereocenters. The fourth-order valence-corrected chi connectivity index (χ4v) is 2.75. The first-order valence-corrected chi connectivity index (χ1v) is 6.62. The van der Waals surface area contributed by atoms with Gasteiger partial charge in [-0.05, 0) is 48.4 Å². The van der Waals surface area contributed by atoms with E-state index in [0.29, 0.717) is 0 Å². The first-order chi connectivity index (χ1) is 9.33. The van der Waals surface area contributed by atoms with E-state index < -0.39 is 0 Å². The lowest BCUT2D eigenvalue weighted by Crippen LogP contribution is -2.08. The highest BCUT2D eigenvalue weighted by molar-refractivity contribution is 5.86. The molecule has 3 rings (SSSR count). The maximum atomic E-state index is 5.66. The fourth-order valence-electron chi connectivity index (χ4n) is 2.75. The molecule has 0 aromatic heterocycles. The Hall–Kier alpha value is -2.09. The third kappa shape index (κ3) is 2.03. The lowest BCUT2D eigenvalue weighted by Gasteiger charge is -2.18. The summed E-state index contributed by atoms with van der Waals surface area (Å²) in [5, 5.41) is 0. The van der Waals surface area contributed by atoms with Crippen LogP contribution in [0.2, 0.25) is 0 Å². The van der Waals surface area contributed by atoms with Gasteiger partial charge in [-0.25, -0.2) is 0 Å². The Kier molecular flexibility index (Phi) is 3.08. The van der Waals surface area contributed by atoms with Gasteiger partial charge in [0.05, 0.1) is 12.3 Å². The number of aryl methyl sites for hydroxylation is 1. The molecule has 2 nitrogen and oxygen atoms in total. The summed E-state index contributed by atoms with van der Waals surface area (Å²) in [6, 6.07) is 6.42. The molecule has 0 radical (unpaired) electrons. The van der Waals surface area contributed by atoms with E-state index in [-0.39, 0.29) is 0 Å². The van der Waals surface area contributed by atoms with E-state index in [1.165, 1.54) is 16.7 Å². The Bertz CT molecular complexity index is 608. The highest BCUT2D eigenvalue weighted by atomic mass is 16.5. The van der Waals surface area contributed by atoms with E-state index in [1.807, 2.05) is 6.08 Å². The van der Waals surface area contributed by atoms with Crippen LogP contribution in [0.15, 0.2) is 53.2 Å². The number of nitrogens with zero attached hydrogens (tertiary/aromatic N) is 1. The number of hydrogen-bond acceptors (Lipinski definition) is 2. The molecule has 0 fully saturated rings. The van der Waals surface area contributed by atoms with E-state index in [4.69, 9.17) is 4.74 Å². The van der Waals surface area contributed by atoms with Crippen molar-refractivity contribution in [3.05, 3.63) is 59.3 Å². The Morgan fingerprint density at radius 1 is 1.32 bits per heavy atom. The Labute approximate surface area is 113 Å². The monoisotopic (exact) mass is 251 g/mol. The lowest BCUT2D eigenvalue weighted by atomic mass is 9.96. The zero-order chi connectivity index (χ0) is 13.2. The second kappa shape index (κ2) is 4.88. The van der Waals surface area contributed by atoms with Crippen molar-refractivity contribution in [3.8, 4) is 5.75 Å². The maximum Gasteiger partial charge on any atom is 0.122 e. The molecule has 0 saturated heterocycles. The minimum atomic E-state index is 0.831. The third-order valence-electron chi connectivity index (χ3n) is 3.72. The molecule has 1 heterocycles. The van der Waals surface area contributed by atoms with Gasteiger partial charge in [-0.15, -0.1) is 0 Å². The third-order valence-corrected chi connectivity index (χ3v) is 3.72. The second-order valence-electron chi connectivity index (χ2n) is 4.82. The highest BCUT2D eigenvalue weighted by Crippen LogP contribution is 2.37. The van der Waals surface area contributed by atoms with Crippen molar-refractivity contribution < 1.29 is 4.74 Å². The summed E-state index contributed by atoms with van der Waals surface area (Å²) in [4.78, 5) is 4.08. The van der Waals surface area contributed by atoms with Crippen LogP contribution >= 0.6 is 0 Å². The highest BCUT2D eigenvalue weighted by Gasteiger charge is 2.18. The van der Waals surface area contributed by atoms with Gasteiger partial charge in [0.2, 0.25) is 0 Å². The molecule has 0 saturated carbocycles. The van der Waals surface area contributed by atoms with Gasteiger partial charge < -0.3 is 4.74 Å². The van der Waals surface area contributed by atoms with Gasteiger partial charge in [0.1, 0.15) is 5.75 Å². The van der Waals surface area contributed by atoms with E-state index in [2.05, 4.69) is 42.6 Å². The summed E-state index contributed by atoms with van der Waals surface area (Å²) in [7, 11) is 0. The van der Waals surface area contributed by atoms with Crippen LogP contribution in [-0.4, -0.2) is 13.3 Å². The normalized spacial score (nSPS) is 17.6. The summed E-state index contributed by atoms with van der Waals surface area (Å²) in [5.41, 5.74) is 5.85. The molecule has 19 heavy (non-hydrogen) atoms. The van der Waals surface area contributed by atoms with Crippen molar-refractivity contribution in [1.29, 1.82) is 0 Å². The molecule has 0 spiro atoms. The van der Waals surface area contributed by atoms with Crippen LogP contribution in [-0.2, 0) is 6.42 Å². The van der Waals surface area contributed by atoms with Crippen LogP contribution in [0.4, 0.5) is 0 Å². The largest absolute Gasteiger partial charge is 0.493 e. The molecule has 0 amide bonds. The molecule has 2 heteroatoms. The van der Waals surface area contributed by atoms with Gasteiger partial charge in [0.25, 0.3) is 0 Å². The minimum absolute atomic E-state index is 0.831. The molecular weight excluding hydrogens is 234 g/mol. The average Bonchev–Trinajstić information content (AvgIpc) is 2.89. The standard InChI is InChI=1S/C17H17NO/c1-3-14-15(7-8-16(14)18-2)12-6-9-17-13(11-12)5-4-10-19-17/h3,6-7,9,11H,1-2,4-5,8,10H2. The number of allylic oxidation sites excluding steroid dienone is 4. The summed E-state index contributed by atoms with van der Waals surface area (Å²) >= 11 is 0. The molecule has 0 bridgehead atoms. The zero-order valence-corrected chi connectivity index (χ0v) is 11.0. The van der Waals surface area contributed by atoms with Gasteiger partial charge in [0.15, 0.2) is 0 Å². The summed E-state index contributed by atoms with van der Waals surface area (Å²) in [5.74, 6) is 1.03. The first kappa shape index (κ1) is 12.0. The smallest absolute Gasteiger partial charge is 0.122 e. The van der Waals surface area contributed by atoms with E-state index >= 15 is 0 Å². The average molecular weight is 251 g/mol. The molecule has 1 aromatic rings. The fraction of sp³-hybridized carbons (Fsp3) is 0.235. The SMILES string of the molecule is C=CC1=C(N=C)CC=C1c1ccc2c(c1)CCCO2. The van der Waals surface area contributed by atoms with Crippen molar-refractivity contribution in [3.63, 3.8) is 0 Å². The van der Waals surface area contributed by atoms with Crippen LogP contribution in [0.25, 0.3) is 5.57 Å².